The second-order valence-corrected chi connectivity index (χ2v) is 4.33. The number of rotatable bonds is 2. The van der Waals surface area contributed by atoms with E-state index in [1.165, 1.54) is 0 Å². The van der Waals surface area contributed by atoms with Crippen LogP contribution in [0.3, 0.4) is 0 Å². The summed E-state index contributed by atoms with van der Waals surface area (Å²) in [5.74, 6) is 1.08. The van der Waals surface area contributed by atoms with Gasteiger partial charge in [-0.25, -0.2) is 4.79 Å². The average molecular weight is 220 g/mol. The van der Waals surface area contributed by atoms with Crippen LogP contribution >= 0.6 is 11.6 Å². The SMILES string of the molecule is CC1CCN(C(=O)OC(C)CCl)CC1. The van der Waals surface area contributed by atoms with Gasteiger partial charge in [0.25, 0.3) is 0 Å². The molecule has 4 heteroatoms. The van der Waals surface area contributed by atoms with Crippen molar-refractivity contribution in [1.82, 2.24) is 4.90 Å². The van der Waals surface area contributed by atoms with Crippen LogP contribution in [0.25, 0.3) is 0 Å². The summed E-state index contributed by atoms with van der Waals surface area (Å²) in [5, 5.41) is 0. The van der Waals surface area contributed by atoms with Crippen LogP contribution in [0.5, 0.6) is 0 Å². The van der Waals surface area contributed by atoms with Crippen molar-refractivity contribution in [1.29, 1.82) is 0 Å². The summed E-state index contributed by atoms with van der Waals surface area (Å²) in [6.07, 6.45) is 1.74. The van der Waals surface area contributed by atoms with Gasteiger partial charge in [0.1, 0.15) is 6.10 Å². The first-order valence-corrected chi connectivity index (χ1v) is 5.68. The van der Waals surface area contributed by atoms with Gasteiger partial charge in [-0.3, -0.25) is 0 Å². The number of piperidine rings is 1. The first-order chi connectivity index (χ1) is 6.63. The Bertz CT molecular complexity index is 191. The van der Waals surface area contributed by atoms with Gasteiger partial charge in [0.2, 0.25) is 0 Å². The lowest BCUT2D eigenvalue weighted by Gasteiger charge is -2.30. The van der Waals surface area contributed by atoms with Crippen molar-refractivity contribution < 1.29 is 9.53 Å². The van der Waals surface area contributed by atoms with Gasteiger partial charge in [0, 0.05) is 13.1 Å². The third-order valence-corrected chi connectivity index (χ3v) is 3.00. The second-order valence-electron chi connectivity index (χ2n) is 4.02. The van der Waals surface area contributed by atoms with Crippen LogP contribution in [-0.4, -0.2) is 36.1 Å². The summed E-state index contributed by atoms with van der Waals surface area (Å²) in [7, 11) is 0. The molecule has 3 nitrogen and oxygen atoms in total. The number of hydrogen-bond acceptors (Lipinski definition) is 2. The molecule has 82 valence electrons. The lowest BCUT2D eigenvalue weighted by Crippen LogP contribution is -2.39. The van der Waals surface area contributed by atoms with Gasteiger partial charge >= 0.3 is 6.09 Å². The molecule has 1 rings (SSSR count). The van der Waals surface area contributed by atoms with Gasteiger partial charge < -0.3 is 9.64 Å². The van der Waals surface area contributed by atoms with Crippen molar-refractivity contribution in [2.75, 3.05) is 19.0 Å². The van der Waals surface area contributed by atoms with Crippen molar-refractivity contribution in [3.05, 3.63) is 0 Å². The topological polar surface area (TPSA) is 29.5 Å². The van der Waals surface area contributed by atoms with E-state index >= 15 is 0 Å². The summed E-state index contributed by atoms with van der Waals surface area (Å²) < 4.78 is 5.13. The summed E-state index contributed by atoms with van der Waals surface area (Å²) >= 11 is 5.56. The van der Waals surface area contributed by atoms with E-state index in [0.717, 1.165) is 31.8 Å². The molecule has 0 bridgehead atoms. The highest BCUT2D eigenvalue weighted by Gasteiger charge is 2.22. The van der Waals surface area contributed by atoms with E-state index in [0.29, 0.717) is 5.88 Å². The molecular formula is C10H18ClNO2. The van der Waals surface area contributed by atoms with Crippen LogP contribution in [0.1, 0.15) is 26.7 Å². The molecule has 1 aliphatic heterocycles. The van der Waals surface area contributed by atoms with E-state index in [4.69, 9.17) is 16.3 Å². The fraction of sp³-hybridized carbons (Fsp3) is 0.900. The molecule has 1 fully saturated rings. The Morgan fingerprint density at radius 2 is 2.14 bits per heavy atom. The second kappa shape index (κ2) is 5.44. The molecule has 0 aromatic heterocycles. The molecule has 14 heavy (non-hydrogen) atoms. The molecule has 0 aromatic rings. The standard InChI is InChI=1S/C10H18ClNO2/c1-8-3-5-12(6-4-8)10(13)14-9(2)7-11/h8-9H,3-7H2,1-2H3. The van der Waals surface area contributed by atoms with Crippen LogP contribution in [0, 0.1) is 5.92 Å². The molecule has 1 heterocycles. The number of alkyl halides is 1. The normalized spacial score (nSPS) is 20.6. The Morgan fingerprint density at radius 3 is 2.64 bits per heavy atom. The zero-order valence-corrected chi connectivity index (χ0v) is 9.59. The van der Waals surface area contributed by atoms with E-state index in [9.17, 15) is 4.79 Å². The van der Waals surface area contributed by atoms with Crippen molar-refractivity contribution in [3.8, 4) is 0 Å². The molecule has 0 spiro atoms. The third kappa shape index (κ3) is 3.37. The molecule has 1 atom stereocenters. The van der Waals surface area contributed by atoms with Gasteiger partial charge in [0.05, 0.1) is 5.88 Å². The van der Waals surface area contributed by atoms with E-state index in [1.54, 1.807) is 11.8 Å². The fourth-order valence-electron chi connectivity index (χ4n) is 1.47. The van der Waals surface area contributed by atoms with Crippen LogP contribution < -0.4 is 0 Å². The Hall–Kier alpha value is -0.440. The molecule has 1 aliphatic rings. The highest BCUT2D eigenvalue weighted by Crippen LogP contribution is 2.16. The Morgan fingerprint density at radius 1 is 1.57 bits per heavy atom. The number of likely N-dealkylation sites (tertiary alicyclic amines) is 1. The first kappa shape index (κ1) is 11.6. The molecular weight excluding hydrogens is 202 g/mol. The maximum Gasteiger partial charge on any atom is 0.410 e. The molecule has 1 amide bonds. The molecule has 0 N–H and O–H groups in total. The smallest absolute Gasteiger partial charge is 0.410 e. The summed E-state index contributed by atoms with van der Waals surface area (Å²) in [6.45, 7) is 5.64. The fourth-order valence-corrected chi connectivity index (χ4v) is 1.53. The first-order valence-electron chi connectivity index (χ1n) is 5.15. The number of ether oxygens (including phenoxy) is 1. The van der Waals surface area contributed by atoms with E-state index in [1.807, 2.05) is 0 Å². The average Bonchev–Trinajstić information content (AvgIpc) is 2.18. The van der Waals surface area contributed by atoms with Gasteiger partial charge in [-0.15, -0.1) is 11.6 Å². The van der Waals surface area contributed by atoms with Crippen molar-refractivity contribution in [2.45, 2.75) is 32.8 Å². The molecule has 0 radical (unpaired) electrons. The Kier molecular flexibility index (Phi) is 4.52. The van der Waals surface area contributed by atoms with Crippen molar-refractivity contribution in [2.24, 2.45) is 5.92 Å². The van der Waals surface area contributed by atoms with E-state index in [2.05, 4.69) is 6.92 Å². The number of carbonyl (C=O) groups is 1. The highest BCUT2D eigenvalue weighted by atomic mass is 35.5. The van der Waals surface area contributed by atoms with Gasteiger partial charge in [-0.2, -0.15) is 0 Å². The van der Waals surface area contributed by atoms with Gasteiger partial charge in [-0.1, -0.05) is 6.92 Å². The predicted molar refractivity (Wildman–Crippen MR) is 56.6 cm³/mol. The molecule has 0 saturated carbocycles. The third-order valence-electron chi connectivity index (χ3n) is 2.56. The minimum Gasteiger partial charge on any atom is -0.445 e. The summed E-state index contributed by atoms with van der Waals surface area (Å²) in [5.41, 5.74) is 0. The lowest BCUT2D eigenvalue weighted by molar-refractivity contribution is 0.0675. The molecule has 0 aromatic carbocycles. The van der Waals surface area contributed by atoms with Gasteiger partial charge in [-0.05, 0) is 25.7 Å². The molecule has 1 saturated heterocycles. The van der Waals surface area contributed by atoms with Crippen LogP contribution in [0.4, 0.5) is 4.79 Å². The minimum absolute atomic E-state index is 0.191. The van der Waals surface area contributed by atoms with Crippen LogP contribution in [-0.2, 0) is 4.74 Å². The largest absolute Gasteiger partial charge is 0.445 e. The quantitative estimate of drug-likeness (QED) is 0.668. The maximum atomic E-state index is 11.5. The minimum atomic E-state index is -0.218. The number of nitrogens with zero attached hydrogens (tertiary/aromatic N) is 1. The summed E-state index contributed by atoms with van der Waals surface area (Å²) in [4.78, 5) is 13.3. The van der Waals surface area contributed by atoms with E-state index in [-0.39, 0.29) is 12.2 Å². The van der Waals surface area contributed by atoms with Gasteiger partial charge in [0.15, 0.2) is 0 Å². The number of amides is 1. The Labute approximate surface area is 90.4 Å². The van der Waals surface area contributed by atoms with Crippen LogP contribution in [0.15, 0.2) is 0 Å². The van der Waals surface area contributed by atoms with Crippen molar-refractivity contribution in [3.63, 3.8) is 0 Å². The zero-order chi connectivity index (χ0) is 10.6. The highest BCUT2D eigenvalue weighted by molar-refractivity contribution is 6.18. The summed E-state index contributed by atoms with van der Waals surface area (Å²) in [6, 6.07) is 0. The maximum absolute atomic E-state index is 11.5. The number of halogens is 1. The molecule has 1 unspecified atom stereocenters. The Balaban J connectivity index is 2.30. The number of hydrogen-bond donors (Lipinski definition) is 0. The monoisotopic (exact) mass is 219 g/mol. The predicted octanol–water partition coefficient (Wildman–Crippen LogP) is 2.48. The lowest BCUT2D eigenvalue weighted by atomic mass is 10.00. The van der Waals surface area contributed by atoms with Crippen LogP contribution in [0.2, 0.25) is 0 Å². The zero-order valence-electron chi connectivity index (χ0n) is 8.83. The number of carbonyl (C=O) groups excluding carboxylic acids is 1. The van der Waals surface area contributed by atoms with Crippen molar-refractivity contribution >= 4 is 17.7 Å². The molecule has 0 aliphatic carbocycles. The van der Waals surface area contributed by atoms with E-state index < -0.39 is 0 Å².